The molecule has 134 valence electrons. The summed E-state index contributed by atoms with van der Waals surface area (Å²) >= 11 is 1.73. The van der Waals surface area contributed by atoms with Gasteiger partial charge in [-0.15, -0.1) is 11.3 Å². The van der Waals surface area contributed by atoms with Crippen molar-refractivity contribution in [2.45, 2.75) is 26.3 Å². The molecule has 5 heteroatoms. The van der Waals surface area contributed by atoms with E-state index in [4.69, 9.17) is 0 Å². The molecule has 1 fully saturated rings. The Balaban J connectivity index is 1.42. The number of benzene rings is 1. The Morgan fingerprint density at radius 1 is 1.27 bits per heavy atom. The molecular weight excluding hydrogens is 342 g/mol. The van der Waals surface area contributed by atoms with Gasteiger partial charge in [-0.3, -0.25) is 4.79 Å². The maximum Gasteiger partial charge on any atom is 0.225 e. The number of amides is 1. The summed E-state index contributed by atoms with van der Waals surface area (Å²) in [5, 5.41) is 6.40. The van der Waals surface area contributed by atoms with Crippen LogP contribution in [0.5, 0.6) is 0 Å². The highest BCUT2D eigenvalue weighted by Gasteiger charge is 2.27. The second-order valence-corrected chi connectivity index (χ2v) is 7.90. The van der Waals surface area contributed by atoms with Crippen LogP contribution in [-0.4, -0.2) is 24.0 Å². The van der Waals surface area contributed by atoms with Crippen molar-refractivity contribution in [2.75, 3.05) is 18.0 Å². The molecule has 0 saturated carbocycles. The fourth-order valence-electron chi connectivity index (χ4n) is 3.55. The normalized spacial score (nSPS) is 17.4. The van der Waals surface area contributed by atoms with E-state index in [9.17, 15) is 4.79 Å². The van der Waals surface area contributed by atoms with Crippen LogP contribution in [0.1, 0.15) is 24.0 Å². The molecule has 1 atom stereocenters. The zero-order valence-corrected chi connectivity index (χ0v) is 15.8. The maximum absolute atomic E-state index is 12.7. The van der Waals surface area contributed by atoms with Gasteiger partial charge in [0.1, 0.15) is 5.82 Å². The number of hydrogen-bond donors (Lipinski definition) is 1. The van der Waals surface area contributed by atoms with Gasteiger partial charge < -0.3 is 10.2 Å². The first-order valence-corrected chi connectivity index (χ1v) is 9.99. The second kappa shape index (κ2) is 7.46. The lowest BCUT2D eigenvalue weighted by molar-refractivity contribution is -0.125. The molecule has 3 heterocycles. The SMILES string of the molecule is Cc1ccc(CNC(=O)[C@@H]2CCCN(c3nccc4sccc34)C2)cc1. The van der Waals surface area contributed by atoms with E-state index >= 15 is 0 Å². The zero-order valence-electron chi connectivity index (χ0n) is 14.9. The van der Waals surface area contributed by atoms with Gasteiger partial charge in [-0.2, -0.15) is 0 Å². The summed E-state index contributed by atoms with van der Waals surface area (Å²) in [6, 6.07) is 12.5. The highest BCUT2D eigenvalue weighted by Crippen LogP contribution is 2.31. The summed E-state index contributed by atoms with van der Waals surface area (Å²) in [4.78, 5) is 19.5. The third-order valence-corrected chi connectivity index (χ3v) is 5.92. The van der Waals surface area contributed by atoms with Crippen LogP contribution in [0.15, 0.2) is 48.0 Å². The number of nitrogens with one attached hydrogen (secondary N) is 1. The molecule has 4 nitrogen and oxygen atoms in total. The molecule has 1 aliphatic heterocycles. The molecule has 26 heavy (non-hydrogen) atoms. The van der Waals surface area contributed by atoms with Crippen LogP contribution in [0, 0.1) is 12.8 Å². The van der Waals surface area contributed by atoms with E-state index in [0.717, 1.165) is 37.3 Å². The number of aryl methyl sites for hydroxylation is 1. The number of carbonyl (C=O) groups is 1. The molecule has 1 N–H and O–H groups in total. The quantitative estimate of drug-likeness (QED) is 0.756. The van der Waals surface area contributed by atoms with Gasteiger partial charge in [0.15, 0.2) is 0 Å². The Hall–Kier alpha value is -2.40. The van der Waals surface area contributed by atoms with Crippen LogP contribution < -0.4 is 10.2 Å². The van der Waals surface area contributed by atoms with E-state index in [1.165, 1.54) is 15.6 Å². The van der Waals surface area contributed by atoms with Crippen molar-refractivity contribution < 1.29 is 4.79 Å². The number of rotatable bonds is 4. The Kier molecular flexibility index (Phi) is 4.89. The van der Waals surface area contributed by atoms with Crippen LogP contribution in [0.2, 0.25) is 0 Å². The third-order valence-electron chi connectivity index (χ3n) is 5.04. The number of anilines is 1. The number of thiophene rings is 1. The lowest BCUT2D eigenvalue weighted by Gasteiger charge is -2.33. The van der Waals surface area contributed by atoms with Crippen molar-refractivity contribution in [3.05, 3.63) is 59.1 Å². The summed E-state index contributed by atoms with van der Waals surface area (Å²) in [6.45, 7) is 4.36. The molecule has 1 saturated heterocycles. The van der Waals surface area contributed by atoms with Crippen molar-refractivity contribution in [3.8, 4) is 0 Å². The van der Waals surface area contributed by atoms with Gasteiger partial charge in [-0.1, -0.05) is 29.8 Å². The number of hydrogen-bond acceptors (Lipinski definition) is 4. The molecule has 1 aliphatic rings. The smallest absolute Gasteiger partial charge is 0.225 e. The second-order valence-electron chi connectivity index (χ2n) is 6.96. The molecule has 0 aliphatic carbocycles. The van der Waals surface area contributed by atoms with Crippen molar-refractivity contribution in [2.24, 2.45) is 5.92 Å². The van der Waals surface area contributed by atoms with E-state index in [2.05, 4.69) is 63.9 Å². The average Bonchev–Trinajstić information content (AvgIpc) is 3.16. The van der Waals surface area contributed by atoms with Crippen molar-refractivity contribution in [3.63, 3.8) is 0 Å². The van der Waals surface area contributed by atoms with Gasteiger partial charge in [0.2, 0.25) is 5.91 Å². The predicted molar refractivity (Wildman–Crippen MR) is 108 cm³/mol. The average molecular weight is 366 g/mol. The van der Waals surface area contributed by atoms with E-state index < -0.39 is 0 Å². The topological polar surface area (TPSA) is 45.2 Å². The van der Waals surface area contributed by atoms with E-state index in [-0.39, 0.29) is 11.8 Å². The number of aromatic nitrogens is 1. The molecule has 0 unspecified atom stereocenters. The summed E-state index contributed by atoms with van der Waals surface area (Å²) in [5.41, 5.74) is 2.37. The van der Waals surface area contributed by atoms with Gasteiger partial charge in [-0.25, -0.2) is 4.98 Å². The number of pyridine rings is 1. The maximum atomic E-state index is 12.7. The molecule has 4 rings (SSSR count). The molecule has 1 aromatic carbocycles. The highest BCUT2D eigenvalue weighted by molar-refractivity contribution is 7.17. The van der Waals surface area contributed by atoms with Crippen LogP contribution in [0.25, 0.3) is 10.1 Å². The summed E-state index contributed by atoms with van der Waals surface area (Å²) in [6.07, 6.45) is 3.83. The minimum Gasteiger partial charge on any atom is -0.355 e. The first-order valence-electron chi connectivity index (χ1n) is 9.11. The standard InChI is InChI=1S/C21H23N3OS/c1-15-4-6-16(7-5-15)13-23-21(25)17-3-2-11-24(14-17)20-18-9-12-26-19(18)8-10-22-20/h4-10,12,17H,2-3,11,13-14H2,1H3,(H,23,25)/t17-/m1/s1. The predicted octanol–water partition coefficient (Wildman–Crippen LogP) is 4.14. The Labute approximate surface area is 157 Å². The van der Waals surface area contributed by atoms with Gasteiger partial charge >= 0.3 is 0 Å². The largest absolute Gasteiger partial charge is 0.355 e. The first-order chi connectivity index (χ1) is 12.7. The Morgan fingerprint density at radius 3 is 2.96 bits per heavy atom. The monoisotopic (exact) mass is 365 g/mol. The lowest BCUT2D eigenvalue weighted by atomic mass is 9.96. The van der Waals surface area contributed by atoms with Gasteiger partial charge in [0.25, 0.3) is 0 Å². The van der Waals surface area contributed by atoms with Crippen LogP contribution >= 0.6 is 11.3 Å². The minimum absolute atomic E-state index is 0.0184. The highest BCUT2D eigenvalue weighted by atomic mass is 32.1. The number of fused-ring (bicyclic) bond motifs is 1. The number of piperidine rings is 1. The Morgan fingerprint density at radius 2 is 2.12 bits per heavy atom. The van der Waals surface area contributed by atoms with Crippen LogP contribution in [0.4, 0.5) is 5.82 Å². The molecular formula is C21H23N3OS. The van der Waals surface area contributed by atoms with Crippen molar-refractivity contribution in [1.29, 1.82) is 0 Å². The molecule has 1 amide bonds. The molecule has 2 aromatic heterocycles. The van der Waals surface area contributed by atoms with Gasteiger partial charge in [0.05, 0.1) is 5.92 Å². The number of carbonyl (C=O) groups excluding carboxylic acids is 1. The molecule has 0 radical (unpaired) electrons. The minimum atomic E-state index is 0.0184. The van der Waals surface area contributed by atoms with Crippen LogP contribution in [-0.2, 0) is 11.3 Å². The third kappa shape index (κ3) is 3.58. The summed E-state index contributed by atoms with van der Waals surface area (Å²) in [5.74, 6) is 1.18. The zero-order chi connectivity index (χ0) is 17.9. The lowest BCUT2D eigenvalue weighted by Crippen LogP contribution is -2.43. The van der Waals surface area contributed by atoms with Crippen molar-refractivity contribution >= 4 is 33.1 Å². The fraction of sp³-hybridized carbons (Fsp3) is 0.333. The fourth-order valence-corrected chi connectivity index (χ4v) is 4.33. The van der Waals surface area contributed by atoms with Crippen LogP contribution in [0.3, 0.4) is 0 Å². The Bertz CT molecular complexity index is 903. The van der Waals surface area contributed by atoms with Crippen molar-refractivity contribution in [1.82, 2.24) is 10.3 Å². The summed E-state index contributed by atoms with van der Waals surface area (Å²) in [7, 11) is 0. The number of nitrogens with zero attached hydrogens (tertiary/aromatic N) is 2. The molecule has 0 spiro atoms. The first kappa shape index (κ1) is 17.0. The van der Waals surface area contributed by atoms with E-state index in [1.807, 2.05) is 6.20 Å². The van der Waals surface area contributed by atoms with Gasteiger partial charge in [-0.05, 0) is 42.8 Å². The molecule has 3 aromatic rings. The molecule has 0 bridgehead atoms. The van der Waals surface area contributed by atoms with Gasteiger partial charge in [0, 0.05) is 35.9 Å². The van der Waals surface area contributed by atoms with E-state index in [1.54, 1.807) is 11.3 Å². The van der Waals surface area contributed by atoms with E-state index in [0.29, 0.717) is 6.54 Å². The summed E-state index contributed by atoms with van der Waals surface area (Å²) < 4.78 is 1.25.